The summed E-state index contributed by atoms with van der Waals surface area (Å²) in [5.74, 6) is 0.670. The van der Waals surface area contributed by atoms with E-state index in [1.807, 2.05) is 0 Å². The van der Waals surface area contributed by atoms with Gasteiger partial charge in [-0.05, 0) is 30.9 Å². The number of amides is 1. The van der Waals surface area contributed by atoms with Crippen molar-refractivity contribution in [3.05, 3.63) is 21.3 Å². The van der Waals surface area contributed by atoms with E-state index in [1.165, 1.54) is 24.2 Å². The minimum atomic E-state index is -0.0920. The Bertz CT molecular complexity index is 436. The number of carbonyl (C=O) groups is 1. The van der Waals surface area contributed by atoms with Crippen molar-refractivity contribution >= 4 is 44.8 Å². The fourth-order valence-corrected chi connectivity index (χ4v) is 4.25. The number of hydrogen-bond acceptors (Lipinski definition) is 2. The molecular formula is C13H17BrClNOS. The summed E-state index contributed by atoms with van der Waals surface area (Å²) in [6.45, 7) is 2.25. The van der Waals surface area contributed by atoms with Crippen LogP contribution in [-0.2, 0) is 0 Å². The number of nitrogens with one attached hydrogen (secondary N) is 1. The molecule has 1 heterocycles. The van der Waals surface area contributed by atoms with Crippen LogP contribution in [0.3, 0.4) is 0 Å². The first kappa shape index (κ1) is 14.4. The van der Waals surface area contributed by atoms with E-state index >= 15 is 0 Å². The minimum Gasteiger partial charge on any atom is -0.345 e. The molecule has 0 saturated heterocycles. The molecule has 2 unspecified atom stereocenters. The monoisotopic (exact) mass is 349 g/mol. The molecule has 1 aromatic rings. The lowest BCUT2D eigenvalue weighted by molar-refractivity contribution is 0.0874. The van der Waals surface area contributed by atoms with Gasteiger partial charge in [-0.15, -0.1) is 11.3 Å². The summed E-state index contributed by atoms with van der Waals surface area (Å²) < 4.78 is 0.657. The summed E-state index contributed by atoms with van der Waals surface area (Å²) in [4.78, 5) is 12.9. The maximum Gasteiger partial charge on any atom is 0.261 e. The highest BCUT2D eigenvalue weighted by molar-refractivity contribution is 9.09. The normalized spacial score (nSPS) is 28.1. The van der Waals surface area contributed by atoms with Gasteiger partial charge in [0.1, 0.15) is 0 Å². The highest BCUT2D eigenvalue weighted by Crippen LogP contribution is 2.34. The van der Waals surface area contributed by atoms with Crippen molar-refractivity contribution in [1.29, 1.82) is 0 Å². The van der Waals surface area contributed by atoms with E-state index in [2.05, 4.69) is 28.2 Å². The molecule has 18 heavy (non-hydrogen) atoms. The van der Waals surface area contributed by atoms with Crippen LogP contribution >= 0.6 is 38.9 Å². The molecule has 100 valence electrons. The number of carbonyl (C=O) groups excluding carboxylic acids is 1. The van der Waals surface area contributed by atoms with Crippen LogP contribution in [-0.4, -0.2) is 16.8 Å². The molecule has 1 fully saturated rings. The van der Waals surface area contributed by atoms with Gasteiger partial charge < -0.3 is 5.32 Å². The minimum absolute atomic E-state index is 0.000417. The van der Waals surface area contributed by atoms with Crippen molar-refractivity contribution < 1.29 is 4.79 Å². The van der Waals surface area contributed by atoms with E-state index in [9.17, 15) is 4.79 Å². The van der Waals surface area contributed by atoms with E-state index in [1.54, 1.807) is 12.1 Å². The van der Waals surface area contributed by atoms with Crippen molar-refractivity contribution in [3.63, 3.8) is 0 Å². The van der Waals surface area contributed by atoms with Gasteiger partial charge in [-0.1, -0.05) is 47.3 Å². The van der Waals surface area contributed by atoms with Gasteiger partial charge in [0.25, 0.3) is 5.91 Å². The number of rotatable bonds is 3. The standard InChI is InChI=1S/C13H17BrClNOS/c1-9-3-2-6-13(7-9,8-14)16-12(17)10-4-5-11(15)18-10/h4-5,9H,2-3,6-8H2,1H3,(H,16,17). The van der Waals surface area contributed by atoms with E-state index in [0.717, 1.165) is 18.2 Å². The quantitative estimate of drug-likeness (QED) is 0.800. The van der Waals surface area contributed by atoms with Gasteiger partial charge in [0.15, 0.2) is 0 Å². The molecule has 2 atom stereocenters. The maximum atomic E-state index is 12.2. The van der Waals surface area contributed by atoms with Crippen molar-refractivity contribution in [2.75, 3.05) is 5.33 Å². The molecule has 1 aromatic heterocycles. The molecule has 1 saturated carbocycles. The molecule has 5 heteroatoms. The molecule has 0 aromatic carbocycles. The average molecular weight is 351 g/mol. The van der Waals surface area contributed by atoms with Crippen molar-refractivity contribution in [1.82, 2.24) is 5.32 Å². The summed E-state index contributed by atoms with van der Waals surface area (Å²) in [7, 11) is 0. The fourth-order valence-electron chi connectivity index (χ4n) is 2.67. The smallest absolute Gasteiger partial charge is 0.261 e. The van der Waals surface area contributed by atoms with Crippen LogP contribution in [0.2, 0.25) is 4.34 Å². The molecule has 0 spiro atoms. The zero-order chi connectivity index (χ0) is 13.2. The van der Waals surface area contributed by atoms with Crippen LogP contribution in [0.25, 0.3) is 0 Å². The lowest BCUT2D eigenvalue weighted by atomic mass is 9.77. The molecule has 1 amide bonds. The number of alkyl halides is 1. The Morgan fingerprint density at radius 1 is 1.67 bits per heavy atom. The van der Waals surface area contributed by atoms with Crippen molar-refractivity contribution in [2.45, 2.75) is 38.1 Å². The second-order valence-corrected chi connectivity index (χ2v) is 7.45. The first-order valence-electron chi connectivity index (χ1n) is 6.18. The van der Waals surface area contributed by atoms with Gasteiger partial charge in [0, 0.05) is 5.33 Å². The molecule has 2 nitrogen and oxygen atoms in total. The highest BCUT2D eigenvalue weighted by atomic mass is 79.9. The predicted molar refractivity (Wildman–Crippen MR) is 81.0 cm³/mol. The van der Waals surface area contributed by atoms with Crippen molar-refractivity contribution in [2.24, 2.45) is 5.92 Å². The molecule has 1 aliphatic rings. The third kappa shape index (κ3) is 3.28. The number of halogens is 2. The third-order valence-electron chi connectivity index (χ3n) is 3.52. The summed E-state index contributed by atoms with van der Waals surface area (Å²) >= 11 is 10.8. The molecule has 0 radical (unpaired) electrons. The van der Waals surface area contributed by atoms with Crippen LogP contribution < -0.4 is 5.32 Å². The Labute approximate surface area is 125 Å². The van der Waals surface area contributed by atoms with Gasteiger partial charge >= 0.3 is 0 Å². The second kappa shape index (κ2) is 5.93. The lowest BCUT2D eigenvalue weighted by Crippen LogP contribution is -2.52. The summed E-state index contributed by atoms with van der Waals surface area (Å²) in [6, 6.07) is 3.56. The molecule has 1 N–H and O–H groups in total. The SMILES string of the molecule is CC1CCCC(CBr)(NC(=O)c2ccc(Cl)s2)C1. The number of thiophene rings is 1. The Kier molecular flexibility index (Phi) is 4.73. The second-order valence-electron chi connectivity index (χ2n) is 5.17. The molecule has 0 aliphatic heterocycles. The zero-order valence-electron chi connectivity index (χ0n) is 10.3. The first-order chi connectivity index (χ1) is 8.54. The Morgan fingerprint density at radius 2 is 2.44 bits per heavy atom. The highest BCUT2D eigenvalue weighted by Gasteiger charge is 2.35. The van der Waals surface area contributed by atoms with Crippen LogP contribution in [0.4, 0.5) is 0 Å². The van der Waals surface area contributed by atoms with Crippen LogP contribution in [0, 0.1) is 5.92 Å². The first-order valence-corrected chi connectivity index (χ1v) is 8.50. The van der Waals surface area contributed by atoms with Gasteiger partial charge in [-0.2, -0.15) is 0 Å². The summed E-state index contributed by atoms with van der Waals surface area (Å²) in [6.07, 6.45) is 4.53. The Balaban J connectivity index is 2.08. The van der Waals surface area contributed by atoms with Gasteiger partial charge in [-0.25, -0.2) is 0 Å². The fraction of sp³-hybridized carbons (Fsp3) is 0.615. The van der Waals surface area contributed by atoms with E-state index in [0.29, 0.717) is 15.1 Å². The predicted octanol–water partition coefficient (Wildman–Crippen LogP) is 4.48. The van der Waals surface area contributed by atoms with Gasteiger partial charge in [-0.3, -0.25) is 4.79 Å². The van der Waals surface area contributed by atoms with Gasteiger partial charge in [0.2, 0.25) is 0 Å². The Hall–Kier alpha value is -0.0600. The van der Waals surface area contributed by atoms with E-state index in [4.69, 9.17) is 11.6 Å². The topological polar surface area (TPSA) is 29.1 Å². The molecule has 1 aliphatic carbocycles. The summed E-state index contributed by atoms with van der Waals surface area (Å²) in [5, 5.41) is 4.02. The summed E-state index contributed by atoms with van der Waals surface area (Å²) in [5.41, 5.74) is -0.0920. The molecule has 0 bridgehead atoms. The van der Waals surface area contributed by atoms with Crippen LogP contribution in [0.15, 0.2) is 12.1 Å². The zero-order valence-corrected chi connectivity index (χ0v) is 13.5. The van der Waals surface area contributed by atoms with Crippen LogP contribution in [0.5, 0.6) is 0 Å². The number of hydrogen-bond donors (Lipinski definition) is 1. The maximum absolute atomic E-state index is 12.2. The third-order valence-corrected chi connectivity index (χ3v) is 5.83. The van der Waals surface area contributed by atoms with E-state index < -0.39 is 0 Å². The largest absolute Gasteiger partial charge is 0.345 e. The molecular weight excluding hydrogens is 334 g/mol. The lowest BCUT2D eigenvalue weighted by Gasteiger charge is -2.39. The van der Waals surface area contributed by atoms with Gasteiger partial charge in [0.05, 0.1) is 14.8 Å². The van der Waals surface area contributed by atoms with Crippen LogP contribution in [0.1, 0.15) is 42.3 Å². The Morgan fingerprint density at radius 3 is 3.00 bits per heavy atom. The van der Waals surface area contributed by atoms with Crippen molar-refractivity contribution in [3.8, 4) is 0 Å². The van der Waals surface area contributed by atoms with E-state index in [-0.39, 0.29) is 11.4 Å². The molecule has 2 rings (SSSR count). The average Bonchev–Trinajstić information content (AvgIpc) is 2.76.